The summed E-state index contributed by atoms with van der Waals surface area (Å²) >= 11 is 5.83. The van der Waals surface area contributed by atoms with Crippen molar-refractivity contribution in [2.24, 2.45) is 0 Å². The Hall–Kier alpha value is -3.23. The average molecular weight is 383 g/mol. The summed E-state index contributed by atoms with van der Waals surface area (Å²) in [4.78, 5) is 12.4. The van der Waals surface area contributed by atoms with E-state index >= 15 is 0 Å². The maximum absolute atomic E-state index is 12.4. The number of amides is 1. The third kappa shape index (κ3) is 5.13. The van der Waals surface area contributed by atoms with E-state index in [1.807, 2.05) is 12.1 Å². The molecule has 2 aromatic rings. The zero-order valence-corrected chi connectivity index (χ0v) is 15.8. The number of hydrogen-bond donors (Lipinski definition) is 1. The van der Waals surface area contributed by atoms with Crippen molar-refractivity contribution in [1.82, 2.24) is 0 Å². The van der Waals surface area contributed by atoms with E-state index in [1.165, 1.54) is 13.2 Å². The Labute approximate surface area is 163 Å². The molecule has 0 aromatic heterocycles. The number of hydrogen-bond acceptors (Lipinski definition) is 4. The van der Waals surface area contributed by atoms with Crippen LogP contribution in [0.3, 0.4) is 0 Å². The highest BCUT2D eigenvalue weighted by Gasteiger charge is 2.14. The van der Waals surface area contributed by atoms with Crippen molar-refractivity contribution in [3.05, 3.63) is 70.8 Å². The Morgan fingerprint density at radius 3 is 2.52 bits per heavy atom. The lowest BCUT2D eigenvalue weighted by atomic mass is 10.0. The molecule has 0 aliphatic heterocycles. The zero-order valence-electron chi connectivity index (χ0n) is 15.1. The van der Waals surface area contributed by atoms with Crippen LogP contribution in [0.2, 0.25) is 5.02 Å². The molecule has 0 saturated carbocycles. The minimum absolute atomic E-state index is 0.0401. The van der Waals surface area contributed by atoms with E-state index < -0.39 is 5.91 Å². The maximum Gasteiger partial charge on any atom is 0.266 e. The normalized spacial score (nSPS) is 10.7. The summed E-state index contributed by atoms with van der Waals surface area (Å²) in [6.45, 7) is 3.74. The lowest BCUT2D eigenvalue weighted by molar-refractivity contribution is -0.112. The molecule has 0 heterocycles. The number of carbonyl (C=O) groups excluding carboxylic acids is 1. The van der Waals surface area contributed by atoms with Crippen LogP contribution in [0.1, 0.15) is 11.1 Å². The molecule has 0 aliphatic rings. The molecule has 0 saturated heterocycles. The Kier molecular flexibility index (Phi) is 7.04. The van der Waals surface area contributed by atoms with Crippen molar-refractivity contribution in [1.29, 1.82) is 5.26 Å². The predicted molar refractivity (Wildman–Crippen MR) is 107 cm³/mol. The van der Waals surface area contributed by atoms with Gasteiger partial charge in [-0.25, -0.2) is 0 Å². The highest BCUT2D eigenvalue weighted by molar-refractivity contribution is 6.30. The molecule has 0 bridgehead atoms. The van der Waals surface area contributed by atoms with Crippen LogP contribution in [-0.2, 0) is 11.2 Å². The maximum atomic E-state index is 12.4. The summed E-state index contributed by atoms with van der Waals surface area (Å²) in [6, 6.07) is 12.1. The SMILES string of the molecule is C=CCc1cc(/C=C(\C#N)C(=O)Nc2ccc(Cl)cc2)cc(OC)c1OC. The summed E-state index contributed by atoms with van der Waals surface area (Å²) in [7, 11) is 3.09. The second-order valence-corrected chi connectivity index (χ2v) is 5.98. The lowest BCUT2D eigenvalue weighted by Gasteiger charge is -2.13. The molecule has 0 unspecified atom stereocenters. The second-order valence-electron chi connectivity index (χ2n) is 5.54. The van der Waals surface area contributed by atoms with Crippen LogP contribution in [0.25, 0.3) is 6.08 Å². The molecule has 0 aliphatic carbocycles. The molecule has 5 nitrogen and oxygen atoms in total. The Morgan fingerprint density at radius 1 is 1.26 bits per heavy atom. The average Bonchev–Trinajstić information content (AvgIpc) is 2.67. The smallest absolute Gasteiger partial charge is 0.266 e. The van der Waals surface area contributed by atoms with E-state index in [1.54, 1.807) is 43.5 Å². The number of nitrogens with one attached hydrogen (secondary N) is 1. The molecule has 2 rings (SSSR count). The van der Waals surface area contributed by atoms with E-state index in [4.69, 9.17) is 21.1 Å². The summed E-state index contributed by atoms with van der Waals surface area (Å²) in [6.07, 6.45) is 3.79. The Bertz CT molecular complexity index is 912. The number of anilines is 1. The van der Waals surface area contributed by atoms with Gasteiger partial charge in [-0.2, -0.15) is 5.26 Å². The fraction of sp³-hybridized carbons (Fsp3) is 0.143. The van der Waals surface area contributed by atoms with Crippen molar-refractivity contribution in [3.63, 3.8) is 0 Å². The van der Waals surface area contributed by atoms with Crippen molar-refractivity contribution < 1.29 is 14.3 Å². The number of rotatable bonds is 7. The monoisotopic (exact) mass is 382 g/mol. The first-order valence-corrected chi connectivity index (χ1v) is 8.44. The fourth-order valence-corrected chi connectivity index (χ4v) is 2.63. The topological polar surface area (TPSA) is 71.4 Å². The van der Waals surface area contributed by atoms with Crippen LogP contribution < -0.4 is 14.8 Å². The predicted octanol–water partition coefficient (Wildman–Crippen LogP) is 4.63. The molecule has 6 heteroatoms. The van der Waals surface area contributed by atoms with Gasteiger partial charge < -0.3 is 14.8 Å². The summed E-state index contributed by atoms with van der Waals surface area (Å²) < 4.78 is 10.8. The molecule has 27 heavy (non-hydrogen) atoms. The summed E-state index contributed by atoms with van der Waals surface area (Å²) in [5.74, 6) is 0.594. The lowest BCUT2D eigenvalue weighted by Crippen LogP contribution is -2.13. The number of nitriles is 1. The molecule has 0 atom stereocenters. The number of allylic oxidation sites excluding steroid dienone is 1. The van der Waals surface area contributed by atoms with Crippen molar-refractivity contribution >= 4 is 29.3 Å². The first-order chi connectivity index (χ1) is 13.0. The third-order valence-corrected chi connectivity index (χ3v) is 3.97. The van der Waals surface area contributed by atoms with Crippen molar-refractivity contribution in [2.75, 3.05) is 19.5 Å². The van der Waals surface area contributed by atoms with Crippen LogP contribution in [0.4, 0.5) is 5.69 Å². The van der Waals surface area contributed by atoms with E-state index in [-0.39, 0.29) is 5.57 Å². The third-order valence-electron chi connectivity index (χ3n) is 3.72. The van der Waals surface area contributed by atoms with Gasteiger partial charge in [0.25, 0.3) is 5.91 Å². The molecule has 1 amide bonds. The number of methoxy groups -OCH3 is 2. The minimum Gasteiger partial charge on any atom is -0.493 e. The first kappa shape index (κ1) is 20.1. The Balaban J connectivity index is 2.37. The number of carbonyl (C=O) groups is 1. The summed E-state index contributed by atoms with van der Waals surface area (Å²) in [5, 5.41) is 12.6. The van der Waals surface area contributed by atoms with E-state index in [0.717, 1.165) is 5.56 Å². The fourth-order valence-electron chi connectivity index (χ4n) is 2.50. The molecular weight excluding hydrogens is 364 g/mol. The van der Waals surface area contributed by atoms with E-state index in [9.17, 15) is 10.1 Å². The number of ether oxygens (including phenoxy) is 2. The second kappa shape index (κ2) is 9.46. The van der Waals surface area contributed by atoms with Gasteiger partial charge >= 0.3 is 0 Å². The van der Waals surface area contributed by atoms with Crippen molar-refractivity contribution in [3.8, 4) is 17.6 Å². The highest BCUT2D eigenvalue weighted by atomic mass is 35.5. The first-order valence-electron chi connectivity index (χ1n) is 8.06. The Morgan fingerprint density at radius 2 is 1.96 bits per heavy atom. The number of nitrogens with zero attached hydrogens (tertiary/aromatic N) is 1. The molecule has 0 radical (unpaired) electrons. The van der Waals surface area contributed by atoms with Crippen LogP contribution in [-0.4, -0.2) is 20.1 Å². The van der Waals surface area contributed by atoms with Crippen LogP contribution in [0, 0.1) is 11.3 Å². The molecule has 138 valence electrons. The molecule has 2 aromatic carbocycles. The van der Waals surface area contributed by atoms with Gasteiger partial charge in [-0.3, -0.25) is 4.79 Å². The molecule has 0 fully saturated rings. The van der Waals surface area contributed by atoms with Gasteiger partial charge in [-0.05, 0) is 54.5 Å². The standard InChI is InChI=1S/C21H19ClN2O3/c1-4-5-15-10-14(12-19(26-2)20(15)27-3)11-16(13-23)21(25)24-18-8-6-17(22)7-9-18/h4,6-12H,1,5H2,2-3H3,(H,24,25)/b16-11+. The van der Waals surface area contributed by atoms with Gasteiger partial charge in [0.05, 0.1) is 14.2 Å². The van der Waals surface area contributed by atoms with Gasteiger partial charge in [0.15, 0.2) is 11.5 Å². The minimum atomic E-state index is -0.514. The van der Waals surface area contributed by atoms with Crippen LogP contribution in [0.15, 0.2) is 54.6 Å². The van der Waals surface area contributed by atoms with Gasteiger partial charge in [-0.1, -0.05) is 17.7 Å². The quantitative estimate of drug-likeness (QED) is 0.430. The van der Waals surface area contributed by atoms with Crippen LogP contribution >= 0.6 is 11.6 Å². The largest absolute Gasteiger partial charge is 0.493 e. The van der Waals surface area contributed by atoms with E-state index in [0.29, 0.717) is 34.2 Å². The number of benzene rings is 2. The van der Waals surface area contributed by atoms with Gasteiger partial charge in [0, 0.05) is 16.3 Å². The summed E-state index contributed by atoms with van der Waals surface area (Å²) in [5.41, 5.74) is 1.99. The molecular formula is C21H19ClN2O3. The van der Waals surface area contributed by atoms with Gasteiger partial charge in [0.1, 0.15) is 11.6 Å². The highest BCUT2D eigenvalue weighted by Crippen LogP contribution is 2.34. The molecule has 1 N–H and O–H groups in total. The van der Waals surface area contributed by atoms with Crippen LogP contribution in [0.5, 0.6) is 11.5 Å². The van der Waals surface area contributed by atoms with Gasteiger partial charge in [-0.15, -0.1) is 6.58 Å². The zero-order chi connectivity index (χ0) is 19.8. The van der Waals surface area contributed by atoms with E-state index in [2.05, 4.69) is 11.9 Å². The van der Waals surface area contributed by atoms with Gasteiger partial charge in [0.2, 0.25) is 0 Å². The number of halogens is 1. The molecule has 0 spiro atoms. The van der Waals surface area contributed by atoms with Crippen molar-refractivity contribution in [2.45, 2.75) is 6.42 Å².